The van der Waals surface area contributed by atoms with E-state index in [1.54, 1.807) is 31.7 Å². The highest BCUT2D eigenvalue weighted by atomic mass is 32.2. The lowest BCUT2D eigenvalue weighted by Gasteiger charge is -2.20. The van der Waals surface area contributed by atoms with Crippen molar-refractivity contribution in [1.29, 1.82) is 0 Å². The van der Waals surface area contributed by atoms with Crippen molar-refractivity contribution in [3.8, 4) is 0 Å². The Morgan fingerprint density at radius 1 is 1.37 bits per heavy atom. The number of hydrogen-bond donors (Lipinski definition) is 0. The lowest BCUT2D eigenvalue weighted by molar-refractivity contribution is -0.384. The molecule has 0 spiro atoms. The van der Waals surface area contributed by atoms with Gasteiger partial charge in [-0.15, -0.1) is 0 Å². The van der Waals surface area contributed by atoms with Crippen molar-refractivity contribution in [3.05, 3.63) is 45.7 Å². The van der Waals surface area contributed by atoms with Crippen LogP contribution in [0.2, 0.25) is 0 Å². The second-order valence-corrected chi connectivity index (χ2v) is 6.75. The molecule has 1 aromatic rings. The molecular weight excluding hydrogens is 370 g/mol. The molecule has 1 saturated heterocycles. The van der Waals surface area contributed by atoms with Gasteiger partial charge in [-0.3, -0.25) is 10.1 Å². The quantitative estimate of drug-likeness (QED) is 0.220. The molecule has 0 unspecified atom stereocenters. The number of nitro groups is 1. The van der Waals surface area contributed by atoms with E-state index in [9.17, 15) is 14.9 Å². The predicted molar refractivity (Wildman–Crippen MR) is 105 cm³/mol. The van der Waals surface area contributed by atoms with Crippen molar-refractivity contribution < 1.29 is 19.2 Å². The monoisotopic (exact) mass is 393 g/mol. The zero-order valence-corrected chi connectivity index (χ0v) is 16.5. The van der Waals surface area contributed by atoms with Gasteiger partial charge in [-0.25, -0.2) is 9.79 Å². The maximum Gasteiger partial charge on any atom is 0.334 e. The van der Waals surface area contributed by atoms with E-state index >= 15 is 0 Å². The summed E-state index contributed by atoms with van der Waals surface area (Å²) in [7, 11) is 0. The molecule has 0 atom stereocenters. The Labute approximate surface area is 162 Å². The smallest absolute Gasteiger partial charge is 0.334 e. The molecule has 0 bridgehead atoms. The normalized spacial score (nSPS) is 15.9. The van der Waals surface area contributed by atoms with Gasteiger partial charge in [0.15, 0.2) is 5.17 Å². The number of nitro benzene ring substituents is 1. The number of rotatable bonds is 8. The third-order valence-corrected chi connectivity index (χ3v) is 4.71. The highest BCUT2D eigenvalue weighted by Crippen LogP contribution is 2.28. The average Bonchev–Trinajstić information content (AvgIpc) is 3.03. The molecule has 1 fully saturated rings. The Kier molecular flexibility index (Phi) is 7.66. The predicted octanol–water partition coefficient (Wildman–Crippen LogP) is 3.42. The number of amidine groups is 1. The maximum absolute atomic E-state index is 11.7. The van der Waals surface area contributed by atoms with Crippen LogP contribution in [0.1, 0.15) is 19.4 Å². The van der Waals surface area contributed by atoms with Gasteiger partial charge in [0.2, 0.25) is 0 Å². The van der Waals surface area contributed by atoms with Gasteiger partial charge in [-0.2, -0.15) is 0 Å². The minimum absolute atomic E-state index is 0.0448. The van der Waals surface area contributed by atoms with Gasteiger partial charge >= 0.3 is 5.97 Å². The molecule has 0 aliphatic carbocycles. The number of aryl methyl sites for hydroxylation is 1. The molecule has 8 nitrogen and oxygen atoms in total. The van der Waals surface area contributed by atoms with Crippen LogP contribution in [0.4, 0.5) is 11.4 Å². The van der Waals surface area contributed by atoms with Crippen LogP contribution in [0.15, 0.2) is 35.0 Å². The lowest BCUT2D eigenvalue weighted by Crippen LogP contribution is -2.28. The Bertz CT molecular complexity index is 763. The number of benzene rings is 1. The lowest BCUT2D eigenvalue weighted by atomic mass is 10.2. The molecule has 2 rings (SSSR count). The SMILES string of the molecule is CCOC(=O)C=C(CN1CCSC1=Nc1ccc([N+](=O)[O-])cc1C)OCC. The first-order chi connectivity index (χ1) is 12.9. The van der Waals surface area contributed by atoms with E-state index in [0.717, 1.165) is 23.0 Å². The number of aliphatic imine (C=N–C) groups is 1. The highest BCUT2D eigenvalue weighted by molar-refractivity contribution is 8.14. The Balaban J connectivity index is 2.19. The van der Waals surface area contributed by atoms with Crippen molar-refractivity contribution in [1.82, 2.24) is 4.90 Å². The maximum atomic E-state index is 11.7. The van der Waals surface area contributed by atoms with E-state index in [4.69, 9.17) is 9.47 Å². The molecule has 27 heavy (non-hydrogen) atoms. The summed E-state index contributed by atoms with van der Waals surface area (Å²) in [6.45, 7) is 7.32. The van der Waals surface area contributed by atoms with Crippen molar-refractivity contribution in [2.24, 2.45) is 4.99 Å². The van der Waals surface area contributed by atoms with Gasteiger partial charge in [-0.05, 0) is 32.4 Å². The van der Waals surface area contributed by atoms with E-state index in [1.807, 2.05) is 11.8 Å². The van der Waals surface area contributed by atoms with E-state index < -0.39 is 10.9 Å². The Morgan fingerprint density at radius 3 is 2.74 bits per heavy atom. The molecule has 0 radical (unpaired) electrons. The third-order valence-electron chi connectivity index (χ3n) is 3.71. The number of carbonyl (C=O) groups excluding carboxylic acids is 1. The zero-order chi connectivity index (χ0) is 19.8. The molecular formula is C18H23N3O5S. The second-order valence-electron chi connectivity index (χ2n) is 5.69. The van der Waals surface area contributed by atoms with Crippen LogP contribution in [-0.4, -0.2) is 53.0 Å². The molecule has 0 saturated carbocycles. The minimum atomic E-state index is -0.433. The summed E-state index contributed by atoms with van der Waals surface area (Å²) in [4.78, 5) is 28.8. The first kappa shape index (κ1) is 20.8. The molecule has 146 valence electrons. The van der Waals surface area contributed by atoms with Gasteiger partial charge in [0, 0.05) is 24.4 Å². The zero-order valence-electron chi connectivity index (χ0n) is 15.6. The van der Waals surface area contributed by atoms with Crippen LogP contribution in [0, 0.1) is 17.0 Å². The summed E-state index contributed by atoms with van der Waals surface area (Å²) in [6.07, 6.45) is 1.37. The summed E-state index contributed by atoms with van der Waals surface area (Å²) >= 11 is 1.60. The van der Waals surface area contributed by atoms with Crippen LogP contribution in [0.5, 0.6) is 0 Å². The number of thioether (sulfide) groups is 1. The molecule has 1 aliphatic rings. The van der Waals surface area contributed by atoms with Gasteiger partial charge < -0.3 is 14.4 Å². The molecule has 0 amide bonds. The van der Waals surface area contributed by atoms with Gasteiger partial charge in [-0.1, -0.05) is 11.8 Å². The molecule has 9 heteroatoms. The summed E-state index contributed by atoms with van der Waals surface area (Å²) in [5, 5.41) is 11.7. The summed E-state index contributed by atoms with van der Waals surface area (Å²) in [5.41, 5.74) is 1.46. The second kappa shape index (κ2) is 9.96. The van der Waals surface area contributed by atoms with Crippen molar-refractivity contribution in [2.75, 3.05) is 32.1 Å². The standard InChI is InChI=1S/C18H23N3O5S/c1-4-25-15(11-17(22)26-5-2)12-20-8-9-27-18(20)19-16-7-6-14(21(23)24)10-13(16)3/h6-7,10-11H,4-5,8-9,12H2,1-3H3. The van der Waals surface area contributed by atoms with Crippen LogP contribution in [0.3, 0.4) is 0 Å². The molecule has 1 aromatic carbocycles. The number of hydrogen-bond acceptors (Lipinski definition) is 7. The number of ether oxygens (including phenoxy) is 2. The number of carbonyl (C=O) groups is 1. The van der Waals surface area contributed by atoms with Gasteiger partial charge in [0.25, 0.3) is 5.69 Å². The van der Waals surface area contributed by atoms with Crippen molar-refractivity contribution in [3.63, 3.8) is 0 Å². The fraction of sp³-hybridized carbons (Fsp3) is 0.444. The molecule has 1 heterocycles. The van der Waals surface area contributed by atoms with Crippen LogP contribution < -0.4 is 0 Å². The molecule has 0 N–H and O–H groups in total. The minimum Gasteiger partial charge on any atom is -0.496 e. The molecule has 0 aromatic heterocycles. The summed E-state index contributed by atoms with van der Waals surface area (Å²) < 4.78 is 10.5. The van der Waals surface area contributed by atoms with Crippen LogP contribution in [-0.2, 0) is 14.3 Å². The first-order valence-corrected chi connectivity index (χ1v) is 9.64. The average molecular weight is 393 g/mol. The summed E-state index contributed by atoms with van der Waals surface area (Å²) in [5.74, 6) is 0.952. The topological polar surface area (TPSA) is 94.3 Å². The van der Waals surface area contributed by atoms with Crippen molar-refractivity contribution in [2.45, 2.75) is 20.8 Å². The first-order valence-electron chi connectivity index (χ1n) is 8.66. The Hall–Kier alpha value is -2.55. The fourth-order valence-electron chi connectivity index (χ4n) is 2.49. The number of nitrogens with zero attached hydrogens (tertiary/aromatic N) is 3. The Morgan fingerprint density at radius 2 is 2.11 bits per heavy atom. The van der Waals surface area contributed by atoms with Crippen LogP contribution >= 0.6 is 11.8 Å². The van der Waals surface area contributed by atoms with E-state index in [0.29, 0.717) is 31.2 Å². The van der Waals surface area contributed by atoms with E-state index in [2.05, 4.69) is 4.99 Å². The van der Waals surface area contributed by atoms with Gasteiger partial charge in [0.05, 0.1) is 36.4 Å². The number of esters is 1. The number of non-ortho nitro benzene ring substituents is 1. The van der Waals surface area contributed by atoms with Gasteiger partial charge in [0.1, 0.15) is 5.76 Å². The van der Waals surface area contributed by atoms with Crippen LogP contribution in [0.25, 0.3) is 0 Å². The highest BCUT2D eigenvalue weighted by Gasteiger charge is 2.22. The van der Waals surface area contributed by atoms with E-state index in [1.165, 1.54) is 18.2 Å². The molecule has 1 aliphatic heterocycles. The van der Waals surface area contributed by atoms with Crippen molar-refractivity contribution >= 4 is 34.3 Å². The summed E-state index contributed by atoms with van der Waals surface area (Å²) in [6, 6.07) is 4.60. The van der Waals surface area contributed by atoms with E-state index in [-0.39, 0.29) is 5.69 Å². The fourth-order valence-corrected chi connectivity index (χ4v) is 3.48. The third kappa shape index (κ3) is 5.99. The largest absolute Gasteiger partial charge is 0.496 e.